The predicted octanol–water partition coefficient (Wildman–Crippen LogP) is 1.21. The van der Waals surface area contributed by atoms with Crippen molar-refractivity contribution >= 4 is 46.1 Å². The third kappa shape index (κ3) is 3.22. The minimum absolute atomic E-state index is 0.0320. The fourth-order valence-corrected chi connectivity index (χ4v) is 2.32. The highest BCUT2D eigenvalue weighted by molar-refractivity contribution is 14.1. The van der Waals surface area contributed by atoms with Crippen molar-refractivity contribution in [1.82, 2.24) is 5.32 Å². The van der Waals surface area contributed by atoms with Gasteiger partial charge in [0.2, 0.25) is 11.8 Å². The van der Waals surface area contributed by atoms with Gasteiger partial charge in [-0.1, -0.05) is 0 Å². The molecule has 1 fully saturated rings. The molecule has 6 nitrogen and oxygen atoms in total. The summed E-state index contributed by atoms with van der Waals surface area (Å²) in [7, 11) is 0. The topological polar surface area (TPSA) is 95.5 Å². The van der Waals surface area contributed by atoms with Gasteiger partial charge in [-0.15, -0.1) is 0 Å². The predicted molar refractivity (Wildman–Crippen MR) is 75.9 cm³/mol. The molecule has 1 aliphatic heterocycles. The molecule has 2 amide bonds. The van der Waals surface area contributed by atoms with E-state index in [9.17, 15) is 14.4 Å². The normalized spacial score (nSPS) is 17.9. The highest BCUT2D eigenvalue weighted by atomic mass is 127. The maximum atomic E-state index is 11.9. The van der Waals surface area contributed by atoms with Crippen molar-refractivity contribution in [3.63, 3.8) is 0 Å². The average Bonchev–Trinajstić information content (AvgIpc) is 2.78. The molecular formula is C12H11IN2O4. The van der Waals surface area contributed by atoms with Gasteiger partial charge in [0.1, 0.15) is 6.04 Å². The van der Waals surface area contributed by atoms with Crippen molar-refractivity contribution < 1.29 is 19.5 Å². The van der Waals surface area contributed by atoms with E-state index in [1.54, 1.807) is 12.1 Å². The van der Waals surface area contributed by atoms with Crippen molar-refractivity contribution in [1.29, 1.82) is 0 Å². The van der Waals surface area contributed by atoms with Gasteiger partial charge in [-0.05, 0) is 47.2 Å². The lowest BCUT2D eigenvalue weighted by Crippen LogP contribution is -2.37. The summed E-state index contributed by atoms with van der Waals surface area (Å²) in [4.78, 5) is 34.0. The SMILES string of the molecule is O=C1CC[C@H](C(=O)Nc2ccc(I)cc2C(=O)O)N1. The van der Waals surface area contributed by atoms with Gasteiger partial charge in [-0.25, -0.2) is 4.79 Å². The Hall–Kier alpha value is -1.64. The molecule has 1 atom stereocenters. The Morgan fingerprint density at radius 1 is 1.42 bits per heavy atom. The Labute approximate surface area is 122 Å². The zero-order valence-electron chi connectivity index (χ0n) is 9.77. The first-order valence-electron chi connectivity index (χ1n) is 5.60. The molecule has 3 N–H and O–H groups in total. The lowest BCUT2D eigenvalue weighted by Gasteiger charge is -2.13. The van der Waals surface area contributed by atoms with Crippen LogP contribution in [0.4, 0.5) is 5.69 Å². The quantitative estimate of drug-likeness (QED) is 0.693. The number of anilines is 1. The number of carbonyl (C=O) groups is 3. The maximum absolute atomic E-state index is 11.9. The Kier molecular flexibility index (Phi) is 4.03. The summed E-state index contributed by atoms with van der Waals surface area (Å²) >= 11 is 2.00. The monoisotopic (exact) mass is 374 g/mol. The van der Waals surface area contributed by atoms with E-state index in [-0.39, 0.29) is 17.2 Å². The Morgan fingerprint density at radius 2 is 2.16 bits per heavy atom. The molecule has 0 bridgehead atoms. The molecule has 100 valence electrons. The highest BCUT2D eigenvalue weighted by Gasteiger charge is 2.27. The van der Waals surface area contributed by atoms with Crippen LogP contribution in [0.15, 0.2) is 18.2 Å². The van der Waals surface area contributed by atoms with Crippen LogP contribution in [0, 0.1) is 3.57 Å². The van der Waals surface area contributed by atoms with Crippen LogP contribution in [0.5, 0.6) is 0 Å². The summed E-state index contributed by atoms with van der Waals surface area (Å²) in [6.45, 7) is 0. The lowest BCUT2D eigenvalue weighted by molar-refractivity contribution is -0.122. The molecule has 1 aliphatic rings. The molecule has 0 aliphatic carbocycles. The molecule has 0 spiro atoms. The number of nitrogens with one attached hydrogen (secondary N) is 2. The molecule has 1 aromatic rings. The van der Waals surface area contributed by atoms with Gasteiger partial charge in [0.25, 0.3) is 0 Å². The van der Waals surface area contributed by atoms with E-state index in [4.69, 9.17) is 5.11 Å². The van der Waals surface area contributed by atoms with Gasteiger partial charge in [-0.3, -0.25) is 9.59 Å². The Bertz CT molecular complexity index is 559. The summed E-state index contributed by atoms with van der Waals surface area (Å²) in [5, 5.41) is 14.2. The van der Waals surface area contributed by atoms with Crippen molar-refractivity contribution in [2.45, 2.75) is 18.9 Å². The van der Waals surface area contributed by atoms with Crippen LogP contribution < -0.4 is 10.6 Å². The van der Waals surface area contributed by atoms with Gasteiger partial charge in [0.05, 0.1) is 11.3 Å². The van der Waals surface area contributed by atoms with Crippen LogP contribution in [0.2, 0.25) is 0 Å². The second-order valence-electron chi connectivity index (χ2n) is 4.14. The molecule has 1 aromatic carbocycles. The molecular weight excluding hydrogens is 363 g/mol. The largest absolute Gasteiger partial charge is 0.478 e. The first-order chi connectivity index (χ1) is 8.97. The van der Waals surface area contributed by atoms with Crippen LogP contribution in [0.25, 0.3) is 0 Å². The molecule has 1 saturated heterocycles. The van der Waals surface area contributed by atoms with Gasteiger partial charge >= 0.3 is 5.97 Å². The van der Waals surface area contributed by atoms with Crippen molar-refractivity contribution in [3.05, 3.63) is 27.3 Å². The third-order valence-electron chi connectivity index (χ3n) is 2.78. The van der Waals surface area contributed by atoms with E-state index >= 15 is 0 Å². The molecule has 0 radical (unpaired) electrons. The fraction of sp³-hybridized carbons (Fsp3) is 0.250. The molecule has 0 aromatic heterocycles. The average molecular weight is 374 g/mol. The maximum Gasteiger partial charge on any atom is 0.337 e. The van der Waals surface area contributed by atoms with Crippen LogP contribution in [-0.4, -0.2) is 28.9 Å². The van der Waals surface area contributed by atoms with Crippen LogP contribution in [0.3, 0.4) is 0 Å². The summed E-state index contributed by atoms with van der Waals surface area (Å²) in [6.07, 6.45) is 0.744. The van der Waals surface area contributed by atoms with E-state index in [1.165, 1.54) is 6.07 Å². The van der Waals surface area contributed by atoms with Gasteiger partial charge in [0, 0.05) is 9.99 Å². The summed E-state index contributed by atoms with van der Waals surface area (Å²) < 4.78 is 0.766. The van der Waals surface area contributed by atoms with Crippen LogP contribution in [-0.2, 0) is 9.59 Å². The Balaban J connectivity index is 2.17. The van der Waals surface area contributed by atoms with Crippen molar-refractivity contribution in [3.8, 4) is 0 Å². The fourth-order valence-electron chi connectivity index (χ4n) is 1.83. The second kappa shape index (κ2) is 5.55. The number of benzene rings is 1. The minimum atomic E-state index is -1.11. The number of hydrogen-bond donors (Lipinski definition) is 3. The highest BCUT2D eigenvalue weighted by Crippen LogP contribution is 2.20. The summed E-state index contributed by atoms with van der Waals surface area (Å²) in [5.74, 6) is -1.67. The molecule has 0 saturated carbocycles. The van der Waals surface area contributed by atoms with E-state index in [2.05, 4.69) is 10.6 Å². The zero-order valence-corrected chi connectivity index (χ0v) is 11.9. The number of hydrogen-bond acceptors (Lipinski definition) is 3. The van der Waals surface area contributed by atoms with Crippen molar-refractivity contribution in [2.24, 2.45) is 0 Å². The standard InChI is InChI=1S/C12H11IN2O4/c13-6-1-2-8(7(5-6)12(18)19)15-11(17)9-3-4-10(16)14-9/h1-2,5,9H,3-4H2,(H,14,16)(H,15,17)(H,18,19)/t9-/m1/s1. The number of carbonyl (C=O) groups excluding carboxylic acids is 2. The molecule has 2 rings (SSSR count). The van der Waals surface area contributed by atoms with E-state index in [0.717, 1.165) is 3.57 Å². The number of rotatable bonds is 3. The number of halogens is 1. The first kappa shape index (κ1) is 13.8. The number of carboxylic acid groups (broad SMARTS) is 1. The summed E-state index contributed by atoms with van der Waals surface area (Å²) in [5.41, 5.74) is 0.267. The molecule has 0 unspecified atom stereocenters. The Morgan fingerprint density at radius 3 is 2.74 bits per heavy atom. The molecule has 7 heteroatoms. The summed E-state index contributed by atoms with van der Waals surface area (Å²) in [6, 6.07) is 4.13. The van der Waals surface area contributed by atoms with E-state index in [1.807, 2.05) is 22.6 Å². The molecule has 19 heavy (non-hydrogen) atoms. The zero-order chi connectivity index (χ0) is 14.0. The van der Waals surface area contributed by atoms with Crippen LogP contribution >= 0.6 is 22.6 Å². The lowest BCUT2D eigenvalue weighted by atomic mass is 10.1. The number of amides is 2. The number of aromatic carboxylic acids is 1. The number of carboxylic acids is 1. The van der Waals surface area contributed by atoms with E-state index < -0.39 is 17.9 Å². The second-order valence-corrected chi connectivity index (χ2v) is 5.39. The van der Waals surface area contributed by atoms with Gasteiger partial charge < -0.3 is 15.7 Å². The van der Waals surface area contributed by atoms with Crippen LogP contribution in [0.1, 0.15) is 23.2 Å². The van der Waals surface area contributed by atoms with Crippen molar-refractivity contribution in [2.75, 3.05) is 5.32 Å². The first-order valence-corrected chi connectivity index (χ1v) is 6.68. The van der Waals surface area contributed by atoms with E-state index in [0.29, 0.717) is 12.8 Å². The smallest absolute Gasteiger partial charge is 0.337 e. The molecule has 1 heterocycles. The van der Waals surface area contributed by atoms with Gasteiger partial charge in [-0.2, -0.15) is 0 Å². The minimum Gasteiger partial charge on any atom is -0.478 e. The third-order valence-corrected chi connectivity index (χ3v) is 3.45. The van der Waals surface area contributed by atoms with Gasteiger partial charge in [0.15, 0.2) is 0 Å².